The van der Waals surface area contributed by atoms with Crippen molar-refractivity contribution in [1.82, 2.24) is 5.32 Å². The molecule has 0 bridgehead atoms. The normalized spacial score (nSPS) is 16.9. The first-order chi connectivity index (χ1) is 7.37. The molecule has 0 spiro atoms. The Hall–Kier alpha value is -0.860. The monoisotopic (exact) mass is 221 g/mol. The summed E-state index contributed by atoms with van der Waals surface area (Å²) in [6.45, 7) is 10.9. The third-order valence-corrected chi connectivity index (χ3v) is 3.16. The second kappa shape index (κ2) is 4.98. The van der Waals surface area contributed by atoms with Crippen LogP contribution in [0, 0.1) is 13.8 Å². The quantitative estimate of drug-likeness (QED) is 0.819. The van der Waals surface area contributed by atoms with Crippen molar-refractivity contribution in [2.75, 3.05) is 6.54 Å². The smallest absolute Gasteiger partial charge is 0.102 e. The van der Waals surface area contributed by atoms with Crippen molar-refractivity contribution in [3.05, 3.63) is 34.9 Å². The Morgan fingerprint density at radius 1 is 1.25 bits per heavy atom. The molecule has 1 aromatic rings. The van der Waals surface area contributed by atoms with E-state index in [0.717, 1.165) is 12.1 Å². The Bertz CT molecular complexity index is 338. The maximum Gasteiger partial charge on any atom is 0.102 e. The molecule has 1 aromatic carbocycles. The summed E-state index contributed by atoms with van der Waals surface area (Å²) >= 11 is 0. The van der Waals surface area contributed by atoms with Crippen molar-refractivity contribution in [3.63, 3.8) is 0 Å². The minimum Gasteiger partial charge on any atom is -0.384 e. The lowest BCUT2D eigenvalue weighted by Gasteiger charge is -2.32. The van der Waals surface area contributed by atoms with Gasteiger partial charge >= 0.3 is 0 Å². The number of aliphatic hydroxyl groups is 1. The van der Waals surface area contributed by atoms with Crippen molar-refractivity contribution in [2.45, 2.75) is 46.3 Å². The zero-order valence-corrected chi connectivity index (χ0v) is 11.0. The molecule has 2 atom stereocenters. The van der Waals surface area contributed by atoms with Gasteiger partial charge in [0, 0.05) is 6.04 Å². The van der Waals surface area contributed by atoms with Crippen molar-refractivity contribution < 1.29 is 5.11 Å². The van der Waals surface area contributed by atoms with E-state index >= 15 is 0 Å². The number of aryl methyl sites for hydroxylation is 2. The van der Waals surface area contributed by atoms with E-state index in [1.807, 2.05) is 20.8 Å². The van der Waals surface area contributed by atoms with Crippen LogP contribution in [0.3, 0.4) is 0 Å². The van der Waals surface area contributed by atoms with E-state index in [-0.39, 0.29) is 6.04 Å². The van der Waals surface area contributed by atoms with E-state index in [2.05, 4.69) is 37.4 Å². The van der Waals surface area contributed by atoms with Crippen molar-refractivity contribution in [3.8, 4) is 0 Å². The summed E-state index contributed by atoms with van der Waals surface area (Å²) in [6, 6.07) is 6.28. The molecule has 0 aromatic heterocycles. The average molecular weight is 221 g/mol. The Kier molecular flexibility index (Phi) is 4.11. The minimum absolute atomic E-state index is 0.0405. The Morgan fingerprint density at radius 3 is 2.19 bits per heavy atom. The molecule has 0 aliphatic carbocycles. The molecule has 0 saturated heterocycles. The van der Waals surface area contributed by atoms with E-state index in [1.165, 1.54) is 11.1 Å². The number of benzene rings is 1. The number of hydrogen-bond donors (Lipinski definition) is 2. The van der Waals surface area contributed by atoms with E-state index in [4.69, 9.17) is 0 Å². The van der Waals surface area contributed by atoms with Crippen LogP contribution in [0.25, 0.3) is 0 Å². The molecule has 0 radical (unpaired) electrons. The Labute approximate surface area is 98.7 Å². The molecule has 1 rings (SSSR count). The van der Waals surface area contributed by atoms with Crippen LogP contribution >= 0.6 is 0 Å². The van der Waals surface area contributed by atoms with E-state index in [1.54, 1.807) is 0 Å². The van der Waals surface area contributed by atoms with Crippen LogP contribution in [0.1, 0.15) is 37.5 Å². The van der Waals surface area contributed by atoms with Crippen LogP contribution in [-0.4, -0.2) is 17.7 Å². The summed E-state index contributed by atoms with van der Waals surface area (Å²) in [5.41, 5.74) is 2.55. The highest BCUT2D eigenvalue weighted by Gasteiger charge is 2.29. The molecule has 0 saturated carbocycles. The topological polar surface area (TPSA) is 32.3 Å². The standard InChI is InChI=1S/C14H23NO/c1-6-15-12(4)14(5,16)13-8-10(2)7-11(3)9-13/h7-9,12,15-16H,6H2,1-5H3. The third kappa shape index (κ3) is 2.83. The average Bonchev–Trinajstić information content (AvgIpc) is 2.16. The van der Waals surface area contributed by atoms with Gasteiger partial charge in [0.1, 0.15) is 5.60 Å². The Morgan fingerprint density at radius 2 is 1.75 bits per heavy atom. The van der Waals surface area contributed by atoms with Crippen LogP contribution in [0.5, 0.6) is 0 Å². The molecule has 2 heteroatoms. The lowest BCUT2D eigenvalue weighted by Crippen LogP contribution is -2.44. The van der Waals surface area contributed by atoms with Crippen LogP contribution in [0.15, 0.2) is 18.2 Å². The molecule has 0 aliphatic heterocycles. The lowest BCUT2D eigenvalue weighted by atomic mass is 9.87. The molecule has 16 heavy (non-hydrogen) atoms. The fourth-order valence-corrected chi connectivity index (χ4v) is 2.02. The van der Waals surface area contributed by atoms with Crippen molar-refractivity contribution >= 4 is 0 Å². The predicted molar refractivity (Wildman–Crippen MR) is 68.6 cm³/mol. The van der Waals surface area contributed by atoms with Gasteiger partial charge in [0.2, 0.25) is 0 Å². The molecule has 2 nitrogen and oxygen atoms in total. The van der Waals surface area contributed by atoms with Crippen molar-refractivity contribution in [2.24, 2.45) is 0 Å². The summed E-state index contributed by atoms with van der Waals surface area (Å²) in [4.78, 5) is 0. The molecule has 2 N–H and O–H groups in total. The molecule has 0 amide bonds. The first kappa shape index (κ1) is 13.2. The predicted octanol–water partition coefficient (Wildman–Crippen LogP) is 2.51. The highest BCUT2D eigenvalue weighted by molar-refractivity contribution is 5.33. The first-order valence-electron chi connectivity index (χ1n) is 5.92. The number of rotatable bonds is 4. The molecular formula is C14H23NO. The van der Waals surface area contributed by atoms with Crippen LogP contribution < -0.4 is 5.32 Å². The number of likely N-dealkylation sites (N-methyl/N-ethyl adjacent to an activating group) is 1. The molecule has 0 fully saturated rings. The minimum atomic E-state index is -0.827. The molecule has 0 aliphatic rings. The second-order valence-electron chi connectivity index (χ2n) is 4.80. The summed E-state index contributed by atoms with van der Waals surface area (Å²) in [5, 5.41) is 13.8. The van der Waals surface area contributed by atoms with Gasteiger partial charge in [0.05, 0.1) is 0 Å². The SMILES string of the molecule is CCNC(C)C(C)(O)c1cc(C)cc(C)c1. The zero-order chi connectivity index (χ0) is 12.3. The second-order valence-corrected chi connectivity index (χ2v) is 4.80. The lowest BCUT2D eigenvalue weighted by molar-refractivity contribution is 0.0220. The number of nitrogens with one attached hydrogen (secondary N) is 1. The zero-order valence-electron chi connectivity index (χ0n) is 11.0. The Balaban J connectivity index is 3.05. The largest absolute Gasteiger partial charge is 0.384 e. The molecule has 0 heterocycles. The van der Waals surface area contributed by atoms with E-state index in [9.17, 15) is 5.11 Å². The first-order valence-corrected chi connectivity index (χ1v) is 5.92. The van der Waals surface area contributed by atoms with Gasteiger partial charge in [-0.15, -0.1) is 0 Å². The fourth-order valence-electron chi connectivity index (χ4n) is 2.02. The number of hydrogen-bond acceptors (Lipinski definition) is 2. The summed E-state index contributed by atoms with van der Waals surface area (Å²) < 4.78 is 0. The molecule has 2 unspecified atom stereocenters. The van der Waals surface area contributed by atoms with Gasteiger partial charge in [-0.3, -0.25) is 0 Å². The van der Waals surface area contributed by atoms with Gasteiger partial charge in [-0.1, -0.05) is 36.2 Å². The third-order valence-electron chi connectivity index (χ3n) is 3.16. The maximum absolute atomic E-state index is 10.6. The van der Waals surface area contributed by atoms with Gasteiger partial charge in [-0.05, 0) is 39.8 Å². The highest BCUT2D eigenvalue weighted by atomic mass is 16.3. The van der Waals surface area contributed by atoms with Crippen LogP contribution in [-0.2, 0) is 5.60 Å². The highest BCUT2D eigenvalue weighted by Crippen LogP contribution is 2.26. The summed E-state index contributed by atoms with van der Waals surface area (Å²) in [7, 11) is 0. The summed E-state index contributed by atoms with van der Waals surface area (Å²) in [6.07, 6.45) is 0. The van der Waals surface area contributed by atoms with Gasteiger partial charge in [-0.25, -0.2) is 0 Å². The van der Waals surface area contributed by atoms with Gasteiger partial charge in [0.25, 0.3) is 0 Å². The van der Waals surface area contributed by atoms with Gasteiger partial charge in [0.15, 0.2) is 0 Å². The van der Waals surface area contributed by atoms with Crippen LogP contribution in [0.4, 0.5) is 0 Å². The summed E-state index contributed by atoms with van der Waals surface area (Å²) in [5.74, 6) is 0. The van der Waals surface area contributed by atoms with E-state index < -0.39 is 5.60 Å². The fraction of sp³-hybridized carbons (Fsp3) is 0.571. The molecular weight excluding hydrogens is 198 g/mol. The van der Waals surface area contributed by atoms with Crippen molar-refractivity contribution in [1.29, 1.82) is 0 Å². The van der Waals surface area contributed by atoms with Crippen LogP contribution in [0.2, 0.25) is 0 Å². The molecule has 90 valence electrons. The van der Waals surface area contributed by atoms with E-state index in [0.29, 0.717) is 0 Å². The maximum atomic E-state index is 10.6. The van der Waals surface area contributed by atoms with Gasteiger partial charge < -0.3 is 10.4 Å². The van der Waals surface area contributed by atoms with Gasteiger partial charge in [-0.2, -0.15) is 0 Å².